The second-order valence-electron chi connectivity index (χ2n) is 24.9. The van der Waals surface area contributed by atoms with Crippen molar-refractivity contribution in [1.82, 2.24) is 9.97 Å². The first-order chi connectivity index (χ1) is 49.5. The van der Waals surface area contributed by atoms with E-state index in [2.05, 4.69) is 98.2 Å². The molecular weight excluding hydrogens is 1250 g/mol. The Labute approximate surface area is 594 Å². The first-order valence-electron chi connectivity index (χ1n) is 36.6. The van der Waals surface area contributed by atoms with Gasteiger partial charge in [0, 0.05) is 36.1 Å². The highest BCUT2D eigenvalue weighted by Gasteiger charge is 2.18. The van der Waals surface area contributed by atoms with Crippen molar-refractivity contribution in [2.24, 2.45) is 0 Å². The van der Waals surface area contributed by atoms with Crippen molar-refractivity contribution in [2.75, 3.05) is 133 Å². The van der Waals surface area contributed by atoms with Gasteiger partial charge in [-0.15, -0.1) is 0 Å². The van der Waals surface area contributed by atoms with Gasteiger partial charge in [0.25, 0.3) is 0 Å². The number of methoxy groups -OCH3 is 2. The van der Waals surface area contributed by atoms with Gasteiger partial charge in [0.2, 0.25) is 0 Å². The van der Waals surface area contributed by atoms with Crippen molar-refractivity contribution < 1.29 is 56.8 Å². The van der Waals surface area contributed by atoms with E-state index in [0.29, 0.717) is 130 Å². The molecule has 0 aliphatic heterocycles. The first kappa shape index (κ1) is 76.1. The molecule has 14 nitrogen and oxygen atoms in total. The molecule has 1 aromatic heterocycles. The first-order valence-corrected chi connectivity index (χ1v) is 36.6. The minimum atomic E-state index is 0.411. The number of benzene rings is 8. The summed E-state index contributed by atoms with van der Waals surface area (Å²) in [7, 11) is 3.31. The van der Waals surface area contributed by atoms with E-state index in [0.717, 1.165) is 113 Å². The van der Waals surface area contributed by atoms with Gasteiger partial charge in [-0.1, -0.05) is 176 Å². The summed E-state index contributed by atoms with van der Waals surface area (Å²) in [5.41, 5.74) is 10.3. The smallest absolute Gasteiger partial charge is 0.119 e. The van der Waals surface area contributed by atoms with Crippen LogP contribution >= 0.6 is 0 Å². The van der Waals surface area contributed by atoms with Gasteiger partial charge in [-0.3, -0.25) is 0 Å². The molecule has 0 fully saturated rings. The SMILES string of the molecule is CCCCCCCCCCOc1ccc(C#Cc2ccc(C#Cc3ccc(OCCCCCCCCCC)cc3)c3nc4c5ccc(-c6ccc(OCCOCCOCCOCCOC)cc6)cc5c5cc(-c6ccc(OCCOCCOCCOCCOC)cc6)ccc5c4nc23)cc1. The molecule has 0 radical (unpaired) electrons. The molecule has 0 aliphatic carbocycles. The van der Waals surface area contributed by atoms with Gasteiger partial charge in [0.05, 0.1) is 128 Å². The standard InChI is InChI=1S/C86H104N2O12/c1-5-7-9-11-13-15-17-19-47-97-75-37-23-67(24-38-75)21-27-71-29-30-72(28-22-68-25-39-76(40-26-68)98-48-20-18-16-14-12-10-8-6-2)84-83(71)87-85-79-45-35-73(69-31-41-77(42-32-69)99-63-61-95-59-57-93-55-53-91-51-49-89-3)65-81(79)82-66-74(36-46-80(82)86(85)88-84)70-33-43-78(44-34-70)100-64-62-96-60-58-94-56-54-92-52-50-90-4/h23-26,29-46,65-66H,5-20,47-64H2,1-4H3. The minimum Gasteiger partial charge on any atom is -0.494 e. The van der Waals surface area contributed by atoms with Gasteiger partial charge >= 0.3 is 0 Å². The summed E-state index contributed by atoms with van der Waals surface area (Å²) in [6.45, 7) is 13.9. The van der Waals surface area contributed by atoms with Crippen molar-refractivity contribution in [3.8, 4) is 68.9 Å². The van der Waals surface area contributed by atoms with Crippen LogP contribution in [-0.4, -0.2) is 143 Å². The van der Waals surface area contributed by atoms with Crippen molar-refractivity contribution >= 4 is 43.6 Å². The molecule has 9 rings (SSSR count). The molecule has 0 spiro atoms. The molecule has 0 amide bonds. The fraction of sp³-hybridized carbons (Fsp3) is 0.442. The summed E-state index contributed by atoms with van der Waals surface area (Å²) in [5.74, 6) is 17.2. The molecule has 0 atom stereocenters. The Kier molecular flexibility index (Phi) is 34.1. The number of nitrogens with zero attached hydrogens (tertiary/aromatic N) is 2. The number of fused-ring (bicyclic) bond motifs is 7. The average molecular weight is 1360 g/mol. The van der Waals surface area contributed by atoms with Crippen LogP contribution in [0.15, 0.2) is 146 Å². The van der Waals surface area contributed by atoms with Crippen LogP contribution in [0.3, 0.4) is 0 Å². The maximum Gasteiger partial charge on any atom is 0.119 e. The minimum absolute atomic E-state index is 0.411. The Morgan fingerprint density at radius 3 is 0.880 bits per heavy atom. The summed E-state index contributed by atoms with van der Waals surface area (Å²) in [6.07, 6.45) is 20.1. The Morgan fingerprint density at radius 1 is 0.250 bits per heavy atom. The zero-order chi connectivity index (χ0) is 69.3. The zero-order valence-electron chi connectivity index (χ0n) is 59.7. The van der Waals surface area contributed by atoms with Crippen LogP contribution < -0.4 is 18.9 Å². The predicted octanol–water partition coefficient (Wildman–Crippen LogP) is 18.4. The Morgan fingerprint density at radius 2 is 0.540 bits per heavy atom. The van der Waals surface area contributed by atoms with E-state index < -0.39 is 0 Å². The number of rotatable bonds is 48. The molecule has 0 bridgehead atoms. The molecule has 530 valence electrons. The molecular formula is C86H104N2O12. The van der Waals surface area contributed by atoms with Crippen molar-refractivity contribution in [2.45, 2.75) is 117 Å². The molecule has 1 heterocycles. The van der Waals surface area contributed by atoms with Crippen LogP contribution in [0, 0.1) is 23.7 Å². The largest absolute Gasteiger partial charge is 0.494 e. The summed E-state index contributed by atoms with van der Waals surface area (Å²) in [4.78, 5) is 11.3. The van der Waals surface area contributed by atoms with Gasteiger partial charge in [-0.05, 0) is 143 Å². The van der Waals surface area contributed by atoms with Crippen molar-refractivity contribution in [3.05, 3.63) is 168 Å². The highest BCUT2D eigenvalue weighted by Crippen LogP contribution is 2.40. The second kappa shape index (κ2) is 44.9. The molecule has 0 aliphatic rings. The fourth-order valence-electron chi connectivity index (χ4n) is 11.7. The van der Waals surface area contributed by atoms with Crippen LogP contribution in [-0.2, 0) is 37.9 Å². The van der Waals surface area contributed by atoms with Gasteiger partial charge in [-0.25, -0.2) is 9.97 Å². The van der Waals surface area contributed by atoms with E-state index in [4.69, 9.17) is 66.8 Å². The monoisotopic (exact) mass is 1360 g/mol. The average Bonchev–Trinajstić information content (AvgIpc) is 0.725. The van der Waals surface area contributed by atoms with Crippen LogP contribution in [0.5, 0.6) is 23.0 Å². The second-order valence-corrected chi connectivity index (χ2v) is 24.9. The summed E-state index contributed by atoms with van der Waals surface area (Å²) in [5, 5.41) is 4.00. The lowest BCUT2D eigenvalue weighted by molar-refractivity contribution is 0.000164. The molecule has 100 heavy (non-hydrogen) atoms. The molecule has 14 heteroatoms. The maximum absolute atomic E-state index is 6.17. The third kappa shape index (κ3) is 25.5. The van der Waals surface area contributed by atoms with Crippen LogP contribution in [0.2, 0.25) is 0 Å². The third-order valence-corrected chi connectivity index (χ3v) is 17.3. The number of aromatic nitrogens is 2. The van der Waals surface area contributed by atoms with E-state index in [1.54, 1.807) is 14.2 Å². The summed E-state index contributed by atoms with van der Waals surface area (Å²) in [6, 6.07) is 49.9. The van der Waals surface area contributed by atoms with Crippen LogP contribution in [0.25, 0.3) is 65.9 Å². The Balaban J connectivity index is 0.993. The normalized spacial score (nSPS) is 11.3. The van der Waals surface area contributed by atoms with E-state index in [1.165, 1.54) is 89.9 Å². The van der Waals surface area contributed by atoms with Crippen molar-refractivity contribution in [1.29, 1.82) is 0 Å². The number of unbranched alkanes of at least 4 members (excludes halogenated alkanes) is 14. The molecule has 0 unspecified atom stereocenters. The lowest BCUT2D eigenvalue weighted by Crippen LogP contribution is -2.13. The fourth-order valence-corrected chi connectivity index (χ4v) is 11.7. The topological polar surface area (TPSA) is 137 Å². The highest BCUT2D eigenvalue weighted by molar-refractivity contribution is 6.25. The maximum atomic E-state index is 6.17. The summed E-state index contributed by atoms with van der Waals surface area (Å²) >= 11 is 0. The van der Waals surface area contributed by atoms with E-state index in [-0.39, 0.29) is 0 Å². The van der Waals surface area contributed by atoms with E-state index >= 15 is 0 Å². The van der Waals surface area contributed by atoms with E-state index in [9.17, 15) is 0 Å². The Bertz CT molecular complexity index is 3690. The number of ether oxygens (including phenoxy) is 12. The zero-order valence-corrected chi connectivity index (χ0v) is 59.7. The molecule has 0 saturated carbocycles. The Hall–Kier alpha value is -8.12. The summed E-state index contributed by atoms with van der Waals surface area (Å²) < 4.78 is 68.3. The lowest BCUT2D eigenvalue weighted by atomic mass is 9.93. The van der Waals surface area contributed by atoms with Gasteiger partial charge in [0.15, 0.2) is 0 Å². The lowest BCUT2D eigenvalue weighted by Gasteiger charge is -2.14. The molecule has 8 aromatic carbocycles. The molecule has 0 saturated heterocycles. The van der Waals surface area contributed by atoms with E-state index in [1.807, 2.05) is 84.9 Å². The number of hydrogen-bond donors (Lipinski definition) is 0. The van der Waals surface area contributed by atoms with Crippen molar-refractivity contribution in [3.63, 3.8) is 0 Å². The highest BCUT2D eigenvalue weighted by atomic mass is 16.6. The molecule has 9 aromatic rings. The van der Waals surface area contributed by atoms with Gasteiger partial charge < -0.3 is 56.8 Å². The van der Waals surface area contributed by atoms with Gasteiger partial charge in [-0.2, -0.15) is 0 Å². The molecule has 0 N–H and O–H groups in total. The quantitative estimate of drug-likeness (QED) is 0.0155. The third-order valence-electron chi connectivity index (χ3n) is 17.3. The van der Waals surface area contributed by atoms with Gasteiger partial charge in [0.1, 0.15) is 47.2 Å². The van der Waals surface area contributed by atoms with Crippen LogP contribution in [0.4, 0.5) is 0 Å². The number of hydrogen-bond acceptors (Lipinski definition) is 14. The van der Waals surface area contributed by atoms with Crippen LogP contribution in [0.1, 0.15) is 139 Å². The predicted molar refractivity (Wildman–Crippen MR) is 404 cm³/mol.